The van der Waals surface area contributed by atoms with Crippen molar-refractivity contribution in [2.45, 2.75) is 19.9 Å². The molecule has 1 unspecified atom stereocenters. The number of amides is 1. The molecule has 1 amide bonds. The van der Waals surface area contributed by atoms with E-state index < -0.39 is 0 Å². The van der Waals surface area contributed by atoms with E-state index in [2.05, 4.69) is 42.5 Å². The van der Waals surface area contributed by atoms with Crippen molar-refractivity contribution in [2.24, 2.45) is 7.05 Å². The highest BCUT2D eigenvalue weighted by Gasteiger charge is 2.25. The lowest BCUT2D eigenvalue weighted by Gasteiger charge is -2.35. The summed E-state index contributed by atoms with van der Waals surface area (Å²) in [5.74, 6) is 0.497. The van der Waals surface area contributed by atoms with Gasteiger partial charge in [0.1, 0.15) is 0 Å². The van der Waals surface area contributed by atoms with E-state index in [-0.39, 0.29) is 11.9 Å². The predicted molar refractivity (Wildman–Crippen MR) is 138 cm³/mol. The third-order valence-electron chi connectivity index (χ3n) is 6.63. The number of likely N-dealkylation sites (N-methyl/N-ethyl adjacent to an activating group) is 1. The molecular weight excluding hydrogens is 442 g/mol. The number of aromatic amines is 1. The Kier molecular flexibility index (Phi) is 6.23. The first-order valence-corrected chi connectivity index (χ1v) is 11.8. The Hall–Kier alpha value is -3.76. The molecule has 0 bridgehead atoms. The van der Waals surface area contributed by atoms with Gasteiger partial charge in [-0.1, -0.05) is 12.1 Å². The number of nitrogens with one attached hydrogen (secondary N) is 3. The van der Waals surface area contributed by atoms with Crippen LogP contribution in [-0.4, -0.2) is 79.7 Å². The second-order valence-corrected chi connectivity index (χ2v) is 9.13. The van der Waals surface area contributed by atoms with E-state index >= 15 is 0 Å². The number of para-hydroxylation sites is 1. The van der Waals surface area contributed by atoms with Crippen LogP contribution in [0.5, 0.6) is 0 Å². The van der Waals surface area contributed by atoms with Gasteiger partial charge in [0, 0.05) is 62.8 Å². The first kappa shape index (κ1) is 23.0. The SMILES string of the molecule is Cc1nn(C)cc1Nc1nccc(-c2c[nH]c3c(NC(=O)C(C)N4CCN(C)CC4)cccc23)n1. The summed E-state index contributed by atoms with van der Waals surface area (Å²) < 4.78 is 1.75. The van der Waals surface area contributed by atoms with Gasteiger partial charge in [0.25, 0.3) is 0 Å². The molecule has 1 atom stereocenters. The number of carbonyl (C=O) groups is 1. The number of hydrogen-bond donors (Lipinski definition) is 3. The average Bonchev–Trinajstić information content (AvgIpc) is 3.42. The number of anilines is 3. The van der Waals surface area contributed by atoms with Gasteiger partial charge in [0.2, 0.25) is 11.9 Å². The number of aromatic nitrogens is 5. The van der Waals surface area contributed by atoms with Crippen LogP contribution in [-0.2, 0) is 11.8 Å². The largest absolute Gasteiger partial charge is 0.359 e. The van der Waals surface area contributed by atoms with Gasteiger partial charge in [0.15, 0.2) is 0 Å². The third-order valence-corrected chi connectivity index (χ3v) is 6.63. The maximum absolute atomic E-state index is 13.0. The van der Waals surface area contributed by atoms with Crippen LogP contribution in [0.1, 0.15) is 12.6 Å². The number of hydrogen-bond acceptors (Lipinski definition) is 7. The molecule has 0 radical (unpaired) electrons. The molecule has 5 rings (SSSR count). The van der Waals surface area contributed by atoms with Crippen LogP contribution in [0.4, 0.5) is 17.3 Å². The Morgan fingerprint density at radius 2 is 1.91 bits per heavy atom. The highest BCUT2D eigenvalue weighted by molar-refractivity contribution is 6.06. The molecule has 35 heavy (non-hydrogen) atoms. The Bertz CT molecular complexity index is 1350. The van der Waals surface area contributed by atoms with E-state index in [0.29, 0.717) is 5.95 Å². The first-order chi connectivity index (χ1) is 16.9. The second-order valence-electron chi connectivity index (χ2n) is 9.13. The van der Waals surface area contributed by atoms with Crippen LogP contribution in [0.3, 0.4) is 0 Å². The highest BCUT2D eigenvalue weighted by atomic mass is 16.2. The van der Waals surface area contributed by atoms with Gasteiger partial charge < -0.3 is 20.5 Å². The zero-order valence-corrected chi connectivity index (χ0v) is 20.5. The Morgan fingerprint density at radius 1 is 1.11 bits per heavy atom. The first-order valence-electron chi connectivity index (χ1n) is 11.8. The van der Waals surface area contributed by atoms with Crippen molar-refractivity contribution < 1.29 is 4.79 Å². The van der Waals surface area contributed by atoms with Gasteiger partial charge in [-0.2, -0.15) is 5.10 Å². The number of rotatable bonds is 6. The molecule has 1 aliphatic rings. The molecule has 4 heterocycles. The van der Waals surface area contributed by atoms with Gasteiger partial charge in [-0.05, 0) is 33.0 Å². The van der Waals surface area contributed by atoms with Gasteiger partial charge in [-0.3, -0.25) is 14.4 Å². The summed E-state index contributed by atoms with van der Waals surface area (Å²) in [4.78, 5) is 30.0. The molecule has 1 aliphatic heterocycles. The van der Waals surface area contributed by atoms with Gasteiger partial charge in [-0.15, -0.1) is 0 Å². The van der Waals surface area contributed by atoms with Crippen molar-refractivity contribution in [3.63, 3.8) is 0 Å². The third kappa shape index (κ3) is 4.75. The van der Waals surface area contributed by atoms with Crippen molar-refractivity contribution in [3.05, 3.63) is 48.5 Å². The maximum atomic E-state index is 13.0. The van der Waals surface area contributed by atoms with Crippen LogP contribution < -0.4 is 10.6 Å². The molecule has 0 aliphatic carbocycles. The van der Waals surface area contributed by atoms with E-state index in [9.17, 15) is 4.79 Å². The normalized spacial score (nSPS) is 15.9. The molecule has 10 heteroatoms. The number of piperazine rings is 1. The van der Waals surface area contributed by atoms with Crippen LogP contribution in [0.15, 0.2) is 42.9 Å². The minimum atomic E-state index is -0.195. The lowest BCUT2D eigenvalue weighted by molar-refractivity contribution is -0.121. The molecule has 3 N–H and O–H groups in total. The topological polar surface area (TPSA) is 107 Å². The fourth-order valence-corrected chi connectivity index (χ4v) is 4.49. The molecule has 1 saturated heterocycles. The summed E-state index contributed by atoms with van der Waals surface area (Å²) >= 11 is 0. The van der Waals surface area contributed by atoms with Gasteiger partial charge in [-0.25, -0.2) is 9.97 Å². The quantitative estimate of drug-likeness (QED) is 0.395. The van der Waals surface area contributed by atoms with E-state index in [0.717, 1.165) is 65.4 Å². The standard InChI is InChI=1S/C25H31N9O/c1-16-22(15-33(4)31-16)30-25-26-9-8-20(29-25)19-14-27-23-18(19)6-5-7-21(23)28-24(35)17(2)34-12-10-32(3)11-13-34/h5-9,14-15,17,27H,10-13H2,1-4H3,(H,28,35)(H,26,29,30). The zero-order valence-electron chi connectivity index (χ0n) is 20.5. The minimum absolute atomic E-state index is 0.00133. The summed E-state index contributed by atoms with van der Waals surface area (Å²) in [5.41, 5.74) is 5.10. The molecule has 182 valence electrons. The lowest BCUT2D eigenvalue weighted by atomic mass is 10.1. The molecule has 10 nitrogen and oxygen atoms in total. The fourth-order valence-electron chi connectivity index (χ4n) is 4.49. The average molecular weight is 474 g/mol. The molecule has 0 spiro atoms. The predicted octanol–water partition coefficient (Wildman–Crippen LogP) is 2.98. The highest BCUT2D eigenvalue weighted by Crippen LogP contribution is 2.32. The Balaban J connectivity index is 1.37. The minimum Gasteiger partial charge on any atom is -0.359 e. The Morgan fingerprint density at radius 3 is 2.66 bits per heavy atom. The number of nitrogens with zero attached hydrogens (tertiary/aromatic N) is 6. The molecular formula is C25H31N9O. The summed E-state index contributed by atoms with van der Waals surface area (Å²) in [7, 11) is 3.99. The van der Waals surface area contributed by atoms with E-state index in [1.807, 2.05) is 57.6 Å². The number of H-pyrrole nitrogens is 1. The maximum Gasteiger partial charge on any atom is 0.241 e. The lowest BCUT2D eigenvalue weighted by Crippen LogP contribution is -2.51. The van der Waals surface area contributed by atoms with Crippen molar-refractivity contribution in [2.75, 3.05) is 43.9 Å². The van der Waals surface area contributed by atoms with Crippen molar-refractivity contribution in [1.82, 2.24) is 34.5 Å². The Labute approximate surface area is 204 Å². The summed E-state index contributed by atoms with van der Waals surface area (Å²) in [6.07, 6.45) is 5.55. The van der Waals surface area contributed by atoms with Crippen molar-refractivity contribution in [3.8, 4) is 11.3 Å². The molecule has 4 aromatic rings. The summed E-state index contributed by atoms with van der Waals surface area (Å²) in [5, 5.41) is 11.7. The van der Waals surface area contributed by atoms with Gasteiger partial charge in [0.05, 0.1) is 34.3 Å². The van der Waals surface area contributed by atoms with Crippen molar-refractivity contribution >= 4 is 34.1 Å². The summed E-state index contributed by atoms with van der Waals surface area (Å²) in [6, 6.07) is 7.59. The molecule has 3 aromatic heterocycles. The van der Waals surface area contributed by atoms with E-state index in [1.165, 1.54) is 0 Å². The van der Waals surface area contributed by atoms with Crippen LogP contribution in [0, 0.1) is 6.92 Å². The fraction of sp³-hybridized carbons (Fsp3) is 0.360. The van der Waals surface area contributed by atoms with Crippen LogP contribution in [0.25, 0.3) is 22.2 Å². The number of fused-ring (bicyclic) bond motifs is 1. The van der Waals surface area contributed by atoms with Crippen molar-refractivity contribution in [1.29, 1.82) is 0 Å². The number of carbonyl (C=O) groups excluding carboxylic acids is 1. The van der Waals surface area contributed by atoms with Crippen LogP contribution in [0.2, 0.25) is 0 Å². The van der Waals surface area contributed by atoms with Gasteiger partial charge >= 0.3 is 0 Å². The smallest absolute Gasteiger partial charge is 0.241 e. The van der Waals surface area contributed by atoms with E-state index in [4.69, 9.17) is 4.98 Å². The van der Waals surface area contributed by atoms with E-state index in [1.54, 1.807) is 10.9 Å². The number of aryl methyl sites for hydroxylation is 2. The molecule has 0 saturated carbocycles. The monoisotopic (exact) mass is 473 g/mol. The number of benzene rings is 1. The molecule has 1 fully saturated rings. The molecule has 1 aromatic carbocycles. The zero-order chi connectivity index (χ0) is 24.5. The van der Waals surface area contributed by atoms with Crippen LogP contribution >= 0.6 is 0 Å². The second kappa shape index (κ2) is 9.47. The summed E-state index contributed by atoms with van der Waals surface area (Å²) in [6.45, 7) is 7.65.